The zero-order valence-electron chi connectivity index (χ0n) is 13.3. The molecule has 0 amide bonds. The second-order valence-electron chi connectivity index (χ2n) is 6.53. The van der Waals surface area contributed by atoms with Crippen molar-refractivity contribution in [2.75, 3.05) is 0 Å². The molecule has 0 aliphatic heterocycles. The van der Waals surface area contributed by atoms with Crippen LogP contribution in [-0.2, 0) is 0 Å². The Hall–Kier alpha value is -2.68. The molecular weight excluding hydrogens is 367 g/mol. The van der Waals surface area contributed by atoms with E-state index in [2.05, 4.69) is 24.3 Å². The second-order valence-corrected chi connectivity index (χ2v) is 7.40. The van der Waals surface area contributed by atoms with E-state index in [1.807, 2.05) is 36.4 Å². The van der Waals surface area contributed by atoms with Gasteiger partial charge in [-0.25, -0.2) is 0 Å². The molecule has 0 N–H and O–H groups in total. The van der Waals surface area contributed by atoms with E-state index in [4.69, 9.17) is 32.0 Å². The van der Waals surface area contributed by atoms with Crippen LogP contribution in [0.3, 0.4) is 0 Å². The van der Waals surface area contributed by atoms with E-state index < -0.39 is 0 Å². The van der Waals surface area contributed by atoms with Gasteiger partial charge >= 0.3 is 0 Å². The number of fused-ring (bicyclic) bond motifs is 7. The molecule has 0 atom stereocenters. The van der Waals surface area contributed by atoms with Crippen molar-refractivity contribution in [3.05, 3.63) is 70.7 Å². The Morgan fingerprint density at radius 1 is 0.462 bits per heavy atom. The second kappa shape index (κ2) is 4.94. The van der Waals surface area contributed by atoms with E-state index in [1.165, 1.54) is 0 Å². The highest BCUT2D eigenvalue weighted by Gasteiger charge is 2.12. The van der Waals surface area contributed by atoms with Crippen molar-refractivity contribution < 1.29 is 8.83 Å². The maximum atomic E-state index is 6.09. The summed E-state index contributed by atoms with van der Waals surface area (Å²) in [5.41, 5.74) is 3.30. The van der Waals surface area contributed by atoms with Crippen molar-refractivity contribution in [2.45, 2.75) is 0 Å². The Kier molecular flexibility index (Phi) is 2.75. The normalized spacial score (nSPS) is 12.2. The molecule has 4 heteroatoms. The summed E-state index contributed by atoms with van der Waals surface area (Å²) in [5, 5.41) is 7.81. The SMILES string of the molecule is Clc1ccc2c(c1)oc1cc3cc4c(cc3cc12)oc1cc(Cl)ccc14. The number of benzene rings is 4. The molecule has 2 nitrogen and oxygen atoms in total. The van der Waals surface area contributed by atoms with E-state index in [9.17, 15) is 0 Å². The van der Waals surface area contributed by atoms with Gasteiger partial charge in [-0.05, 0) is 59.3 Å². The minimum absolute atomic E-state index is 0.670. The van der Waals surface area contributed by atoms with Crippen molar-refractivity contribution >= 4 is 77.9 Å². The molecule has 4 aromatic carbocycles. The molecule has 0 aliphatic rings. The van der Waals surface area contributed by atoms with Gasteiger partial charge in [0.2, 0.25) is 0 Å². The summed E-state index contributed by atoms with van der Waals surface area (Å²) in [7, 11) is 0. The fourth-order valence-electron chi connectivity index (χ4n) is 3.74. The fraction of sp³-hybridized carbons (Fsp3) is 0. The fourth-order valence-corrected chi connectivity index (χ4v) is 4.07. The Bertz CT molecular complexity index is 1390. The minimum atomic E-state index is 0.670. The van der Waals surface area contributed by atoms with Crippen LogP contribution in [0.5, 0.6) is 0 Å². The first kappa shape index (κ1) is 14.5. The van der Waals surface area contributed by atoms with E-state index in [0.29, 0.717) is 10.0 Å². The smallest absolute Gasteiger partial charge is 0.136 e. The van der Waals surface area contributed by atoms with Crippen molar-refractivity contribution in [3.63, 3.8) is 0 Å². The van der Waals surface area contributed by atoms with Gasteiger partial charge in [0.05, 0.1) is 0 Å². The summed E-state index contributed by atoms with van der Waals surface area (Å²) >= 11 is 12.2. The Morgan fingerprint density at radius 3 is 1.35 bits per heavy atom. The lowest BCUT2D eigenvalue weighted by Crippen LogP contribution is -1.74. The summed E-state index contributed by atoms with van der Waals surface area (Å²) in [6, 6.07) is 19.9. The van der Waals surface area contributed by atoms with Crippen LogP contribution in [-0.4, -0.2) is 0 Å². The average Bonchev–Trinajstić information content (AvgIpc) is 3.13. The summed E-state index contributed by atoms with van der Waals surface area (Å²) in [5.74, 6) is 0. The third-order valence-corrected chi connectivity index (χ3v) is 5.41. The zero-order chi connectivity index (χ0) is 17.4. The number of furan rings is 2. The maximum Gasteiger partial charge on any atom is 0.136 e. The van der Waals surface area contributed by atoms with Gasteiger partial charge in [0.15, 0.2) is 0 Å². The van der Waals surface area contributed by atoms with Gasteiger partial charge in [0, 0.05) is 43.7 Å². The van der Waals surface area contributed by atoms with Crippen LogP contribution in [0.1, 0.15) is 0 Å². The van der Waals surface area contributed by atoms with Gasteiger partial charge in [-0.2, -0.15) is 0 Å². The van der Waals surface area contributed by atoms with Crippen LogP contribution in [0.15, 0.2) is 69.5 Å². The highest BCUT2D eigenvalue weighted by Crippen LogP contribution is 2.37. The number of hydrogen-bond donors (Lipinski definition) is 0. The summed E-state index contributed by atoms with van der Waals surface area (Å²) in [6.07, 6.45) is 0. The lowest BCUT2D eigenvalue weighted by Gasteiger charge is -1.99. The van der Waals surface area contributed by atoms with Crippen LogP contribution in [0.4, 0.5) is 0 Å². The molecule has 6 rings (SSSR count). The molecule has 0 saturated heterocycles. The van der Waals surface area contributed by atoms with E-state index in [0.717, 1.165) is 54.6 Å². The van der Waals surface area contributed by atoms with Crippen LogP contribution in [0.25, 0.3) is 54.6 Å². The molecule has 124 valence electrons. The van der Waals surface area contributed by atoms with Gasteiger partial charge in [-0.1, -0.05) is 23.2 Å². The van der Waals surface area contributed by atoms with Gasteiger partial charge in [0.1, 0.15) is 22.3 Å². The molecule has 2 heterocycles. The molecule has 6 aromatic rings. The van der Waals surface area contributed by atoms with E-state index >= 15 is 0 Å². The lowest BCUT2D eigenvalue weighted by molar-refractivity contribution is 0.668. The molecule has 0 spiro atoms. The topological polar surface area (TPSA) is 26.3 Å². The quantitative estimate of drug-likeness (QED) is 0.268. The Labute approximate surface area is 157 Å². The predicted molar refractivity (Wildman–Crippen MR) is 109 cm³/mol. The Morgan fingerprint density at radius 2 is 0.885 bits per heavy atom. The summed E-state index contributed by atoms with van der Waals surface area (Å²) in [6.45, 7) is 0. The molecule has 0 saturated carbocycles. The van der Waals surface area contributed by atoms with Gasteiger partial charge in [0.25, 0.3) is 0 Å². The summed E-state index contributed by atoms with van der Waals surface area (Å²) in [4.78, 5) is 0. The minimum Gasteiger partial charge on any atom is -0.456 e. The molecule has 26 heavy (non-hydrogen) atoms. The monoisotopic (exact) mass is 376 g/mol. The average molecular weight is 377 g/mol. The van der Waals surface area contributed by atoms with E-state index in [1.54, 1.807) is 0 Å². The van der Waals surface area contributed by atoms with Crippen molar-refractivity contribution in [3.8, 4) is 0 Å². The van der Waals surface area contributed by atoms with Crippen LogP contribution in [0.2, 0.25) is 10.0 Å². The van der Waals surface area contributed by atoms with Crippen molar-refractivity contribution in [1.82, 2.24) is 0 Å². The molecule has 2 aromatic heterocycles. The first-order valence-corrected chi connectivity index (χ1v) is 8.99. The molecule has 0 aliphatic carbocycles. The summed E-state index contributed by atoms with van der Waals surface area (Å²) < 4.78 is 12.0. The largest absolute Gasteiger partial charge is 0.456 e. The first-order valence-electron chi connectivity index (χ1n) is 8.23. The number of halogens is 2. The maximum absolute atomic E-state index is 6.09. The lowest BCUT2D eigenvalue weighted by atomic mass is 10.0. The highest BCUT2D eigenvalue weighted by atomic mass is 35.5. The number of rotatable bonds is 0. The third kappa shape index (κ3) is 1.94. The molecule has 0 unspecified atom stereocenters. The zero-order valence-corrected chi connectivity index (χ0v) is 14.9. The van der Waals surface area contributed by atoms with Crippen LogP contribution >= 0.6 is 23.2 Å². The van der Waals surface area contributed by atoms with Crippen LogP contribution < -0.4 is 0 Å². The number of hydrogen-bond acceptors (Lipinski definition) is 2. The third-order valence-electron chi connectivity index (χ3n) is 4.94. The molecule has 0 bridgehead atoms. The molecule has 0 radical (unpaired) electrons. The first-order chi connectivity index (χ1) is 12.7. The highest BCUT2D eigenvalue weighted by molar-refractivity contribution is 6.32. The van der Waals surface area contributed by atoms with Gasteiger partial charge < -0.3 is 8.83 Å². The van der Waals surface area contributed by atoms with Gasteiger partial charge in [-0.3, -0.25) is 0 Å². The van der Waals surface area contributed by atoms with Gasteiger partial charge in [-0.15, -0.1) is 0 Å². The van der Waals surface area contributed by atoms with E-state index in [-0.39, 0.29) is 0 Å². The van der Waals surface area contributed by atoms with Crippen molar-refractivity contribution in [1.29, 1.82) is 0 Å². The van der Waals surface area contributed by atoms with Crippen molar-refractivity contribution in [2.24, 2.45) is 0 Å². The molecule has 0 fully saturated rings. The standard InChI is InChI=1S/C22H10Cl2O2/c23-13-1-3-15-17-5-11-8-20-18(16-4-2-14(24)10-22(16)26-20)6-12(11)7-19(17)25-21(15)9-13/h1-10H. The molecular formula is C22H10Cl2O2. The van der Waals surface area contributed by atoms with Crippen LogP contribution in [0, 0.1) is 0 Å². The predicted octanol–water partition coefficient (Wildman–Crippen LogP) is 7.95. The Balaban J connectivity index is 1.75.